The zero-order chi connectivity index (χ0) is 24.3. The van der Waals surface area contributed by atoms with E-state index < -0.39 is 57.2 Å². The van der Waals surface area contributed by atoms with Gasteiger partial charge >= 0.3 is 18.3 Å². The lowest BCUT2D eigenvalue weighted by atomic mass is 10.0. The summed E-state index contributed by atoms with van der Waals surface area (Å²) in [5.41, 5.74) is -2.48. The number of ether oxygens (including phenoxy) is 3. The number of methoxy groups -OCH3 is 2. The Morgan fingerprint density at radius 1 is 1.03 bits per heavy atom. The van der Waals surface area contributed by atoms with Crippen molar-refractivity contribution in [3.8, 4) is 22.7 Å². The smallest absolute Gasteiger partial charge is 0.465 e. The van der Waals surface area contributed by atoms with Crippen LogP contribution in [0.4, 0.5) is 18.9 Å². The van der Waals surface area contributed by atoms with Crippen molar-refractivity contribution in [2.75, 3.05) is 14.2 Å². The highest BCUT2D eigenvalue weighted by Gasteiger charge is 2.36. The van der Waals surface area contributed by atoms with Crippen LogP contribution in [0.1, 0.15) is 20.8 Å². The van der Waals surface area contributed by atoms with E-state index in [9.17, 15) is 32.9 Å². The molecule has 0 amide bonds. The number of hydrogen-bond acceptors (Lipinski definition) is 8. The number of halogens is 3. The van der Waals surface area contributed by atoms with Crippen LogP contribution in [0, 0.1) is 10.1 Å². The number of nitrogens with zero attached hydrogens (tertiary/aromatic N) is 3. The van der Waals surface area contributed by atoms with Crippen LogP contribution in [0.2, 0.25) is 0 Å². The molecule has 1 heterocycles. The number of non-ortho nitro benzene ring substituents is 1. The lowest BCUT2D eigenvalue weighted by molar-refractivity contribution is -0.384. The number of esters is 2. The van der Waals surface area contributed by atoms with Gasteiger partial charge in [0.25, 0.3) is 5.69 Å². The summed E-state index contributed by atoms with van der Waals surface area (Å²) >= 11 is 0. The lowest BCUT2D eigenvalue weighted by Crippen LogP contribution is -2.18. The SMILES string of the molecule is COC(=O)c1c(-c2cc([N+](=O)[O-])ccc2OC(F)(F)F)nn(-c2ccccc2)c1C(=O)OC. The number of rotatable bonds is 6. The maximum atomic E-state index is 13.0. The molecule has 0 aliphatic rings. The van der Waals surface area contributed by atoms with Crippen LogP contribution in [0.5, 0.6) is 5.75 Å². The molecule has 0 saturated carbocycles. The second-order valence-electron chi connectivity index (χ2n) is 6.29. The first-order chi connectivity index (χ1) is 15.6. The maximum absolute atomic E-state index is 13.0. The molecule has 0 fully saturated rings. The van der Waals surface area contributed by atoms with E-state index in [4.69, 9.17) is 9.47 Å². The van der Waals surface area contributed by atoms with Gasteiger partial charge in [0.2, 0.25) is 0 Å². The molecular weight excluding hydrogens is 451 g/mol. The fourth-order valence-corrected chi connectivity index (χ4v) is 2.97. The number of nitro benzene ring substituents is 1. The zero-order valence-corrected chi connectivity index (χ0v) is 17.0. The largest absolute Gasteiger partial charge is 0.573 e. The van der Waals surface area contributed by atoms with Crippen molar-refractivity contribution in [3.05, 3.63) is 69.9 Å². The zero-order valence-electron chi connectivity index (χ0n) is 17.0. The van der Waals surface area contributed by atoms with Crippen LogP contribution in [0.25, 0.3) is 16.9 Å². The summed E-state index contributed by atoms with van der Waals surface area (Å²) in [6, 6.07) is 10.1. The van der Waals surface area contributed by atoms with Gasteiger partial charge in [-0.05, 0) is 18.2 Å². The number of hydrogen-bond donors (Lipinski definition) is 0. The van der Waals surface area contributed by atoms with E-state index in [1.54, 1.807) is 18.2 Å². The predicted molar refractivity (Wildman–Crippen MR) is 105 cm³/mol. The monoisotopic (exact) mass is 465 g/mol. The van der Waals surface area contributed by atoms with Crippen LogP contribution in [0.3, 0.4) is 0 Å². The first kappa shape index (κ1) is 23.2. The van der Waals surface area contributed by atoms with Gasteiger partial charge in [-0.2, -0.15) is 5.10 Å². The first-order valence-electron chi connectivity index (χ1n) is 8.97. The summed E-state index contributed by atoms with van der Waals surface area (Å²) in [5.74, 6) is -3.08. The summed E-state index contributed by atoms with van der Waals surface area (Å²) in [5, 5.41) is 15.4. The summed E-state index contributed by atoms with van der Waals surface area (Å²) in [7, 11) is 2.00. The summed E-state index contributed by atoms with van der Waals surface area (Å²) < 4.78 is 53.4. The first-order valence-corrected chi connectivity index (χ1v) is 8.97. The van der Waals surface area contributed by atoms with E-state index in [0.29, 0.717) is 6.07 Å². The minimum atomic E-state index is -5.16. The Bertz CT molecular complexity index is 1220. The molecule has 0 N–H and O–H groups in total. The third-order valence-electron chi connectivity index (χ3n) is 4.31. The summed E-state index contributed by atoms with van der Waals surface area (Å²) in [6.07, 6.45) is -5.16. The van der Waals surface area contributed by atoms with Crippen molar-refractivity contribution in [2.45, 2.75) is 6.36 Å². The van der Waals surface area contributed by atoms with Crippen LogP contribution >= 0.6 is 0 Å². The molecule has 0 aliphatic heterocycles. The normalized spacial score (nSPS) is 11.1. The lowest BCUT2D eigenvalue weighted by Gasteiger charge is -2.12. The molecule has 33 heavy (non-hydrogen) atoms. The van der Waals surface area contributed by atoms with E-state index in [-0.39, 0.29) is 5.69 Å². The molecule has 0 unspecified atom stereocenters. The van der Waals surface area contributed by atoms with Gasteiger partial charge in [0.05, 0.1) is 30.4 Å². The molecule has 0 saturated heterocycles. The number of nitro groups is 1. The topological polar surface area (TPSA) is 123 Å². The van der Waals surface area contributed by atoms with E-state index in [2.05, 4.69) is 9.84 Å². The molecular formula is C20H14F3N3O7. The third kappa shape index (κ3) is 4.76. The molecule has 0 atom stereocenters. The van der Waals surface area contributed by atoms with Gasteiger partial charge in [-0.3, -0.25) is 10.1 Å². The van der Waals surface area contributed by atoms with E-state index in [1.807, 2.05) is 0 Å². The number of alkyl halides is 3. The van der Waals surface area contributed by atoms with Crippen LogP contribution < -0.4 is 4.74 Å². The fourth-order valence-electron chi connectivity index (χ4n) is 2.97. The van der Waals surface area contributed by atoms with Gasteiger partial charge in [0.1, 0.15) is 17.0 Å². The van der Waals surface area contributed by atoms with Gasteiger partial charge in [0.15, 0.2) is 5.69 Å². The van der Waals surface area contributed by atoms with Crippen molar-refractivity contribution >= 4 is 17.6 Å². The molecule has 3 aromatic rings. The molecule has 0 bridgehead atoms. The van der Waals surface area contributed by atoms with Gasteiger partial charge in [-0.25, -0.2) is 14.3 Å². The molecule has 0 aliphatic carbocycles. The van der Waals surface area contributed by atoms with Gasteiger partial charge < -0.3 is 14.2 Å². The average molecular weight is 465 g/mol. The molecule has 0 spiro atoms. The van der Waals surface area contributed by atoms with E-state index >= 15 is 0 Å². The molecule has 0 radical (unpaired) electrons. The molecule has 3 rings (SSSR count). The van der Waals surface area contributed by atoms with E-state index in [0.717, 1.165) is 31.0 Å². The second kappa shape index (κ2) is 8.98. The van der Waals surface area contributed by atoms with Crippen molar-refractivity contribution < 1.29 is 41.9 Å². The Morgan fingerprint density at radius 2 is 1.67 bits per heavy atom. The molecule has 2 aromatic carbocycles. The van der Waals surface area contributed by atoms with Crippen molar-refractivity contribution in [3.63, 3.8) is 0 Å². The van der Waals surface area contributed by atoms with Crippen molar-refractivity contribution in [2.24, 2.45) is 0 Å². The molecule has 172 valence electrons. The minimum Gasteiger partial charge on any atom is -0.465 e. The van der Waals surface area contributed by atoms with Crippen LogP contribution in [0.15, 0.2) is 48.5 Å². The van der Waals surface area contributed by atoms with Gasteiger partial charge in [-0.1, -0.05) is 18.2 Å². The third-order valence-corrected chi connectivity index (χ3v) is 4.31. The maximum Gasteiger partial charge on any atom is 0.573 e. The molecule has 1 aromatic heterocycles. The Kier molecular flexibility index (Phi) is 6.33. The second-order valence-corrected chi connectivity index (χ2v) is 6.29. The van der Waals surface area contributed by atoms with Gasteiger partial charge in [0, 0.05) is 12.1 Å². The Morgan fingerprint density at radius 3 is 2.21 bits per heavy atom. The average Bonchev–Trinajstić information content (AvgIpc) is 3.18. The highest BCUT2D eigenvalue weighted by Crippen LogP contribution is 2.39. The van der Waals surface area contributed by atoms with Crippen LogP contribution in [-0.4, -0.2) is 47.2 Å². The van der Waals surface area contributed by atoms with Crippen molar-refractivity contribution in [1.29, 1.82) is 0 Å². The Labute approximate surface area is 183 Å². The number of carbonyl (C=O) groups is 2. The quantitative estimate of drug-likeness (QED) is 0.305. The van der Waals surface area contributed by atoms with Crippen molar-refractivity contribution in [1.82, 2.24) is 9.78 Å². The number of carbonyl (C=O) groups excluding carboxylic acids is 2. The number of aromatic nitrogens is 2. The summed E-state index contributed by atoms with van der Waals surface area (Å²) in [4.78, 5) is 35.6. The Balaban J connectivity index is 2.43. The van der Waals surface area contributed by atoms with E-state index in [1.165, 1.54) is 12.1 Å². The number of para-hydroxylation sites is 1. The highest BCUT2D eigenvalue weighted by molar-refractivity contribution is 6.07. The standard InChI is InChI=1S/C20H14F3N3O7/c1-31-18(27)15-16(13-10-12(26(29)30)8-9-14(13)33-20(21,22)23)24-25(17(15)19(28)32-2)11-6-4-3-5-7-11/h3-10H,1-2H3. The molecule has 10 nitrogen and oxygen atoms in total. The van der Waals surface area contributed by atoms with Crippen LogP contribution in [-0.2, 0) is 9.47 Å². The van der Waals surface area contributed by atoms with Gasteiger partial charge in [-0.15, -0.1) is 13.2 Å². The fraction of sp³-hybridized carbons (Fsp3) is 0.150. The number of benzene rings is 2. The minimum absolute atomic E-state index is 0.248. The summed E-state index contributed by atoms with van der Waals surface area (Å²) in [6.45, 7) is 0. The highest BCUT2D eigenvalue weighted by atomic mass is 19.4. The molecule has 13 heteroatoms. The predicted octanol–water partition coefficient (Wildman–Crippen LogP) is 3.92. The Hall–Kier alpha value is -4.42.